The highest BCUT2D eigenvalue weighted by molar-refractivity contribution is 5.65. The molecule has 4 rings (SSSR count). The number of aromatic nitrogens is 2. The number of imidazole rings is 1. The lowest BCUT2D eigenvalue weighted by Crippen LogP contribution is -2.46. The Hall–Kier alpha value is -2.33. The summed E-state index contributed by atoms with van der Waals surface area (Å²) in [6, 6.07) is 15.0. The molecule has 1 aromatic carbocycles. The van der Waals surface area contributed by atoms with Crippen LogP contribution in [0.1, 0.15) is 19.8 Å². The predicted octanol–water partition coefficient (Wildman–Crippen LogP) is 3.92. The van der Waals surface area contributed by atoms with Gasteiger partial charge in [-0.25, -0.2) is 4.98 Å². The van der Waals surface area contributed by atoms with E-state index >= 15 is 0 Å². The number of rotatable bonds is 5. The minimum atomic E-state index is 0.991. The van der Waals surface area contributed by atoms with Crippen LogP contribution in [0.2, 0.25) is 0 Å². The topological polar surface area (TPSA) is 23.8 Å². The maximum atomic E-state index is 4.71. The number of nitrogens with zero attached hydrogens (tertiary/aromatic N) is 4. The van der Waals surface area contributed by atoms with Gasteiger partial charge in [0.2, 0.25) is 0 Å². The second-order valence-electron chi connectivity index (χ2n) is 6.82. The minimum absolute atomic E-state index is 0.991. The molecule has 3 heterocycles. The van der Waals surface area contributed by atoms with Gasteiger partial charge >= 0.3 is 0 Å². The first-order valence-corrected chi connectivity index (χ1v) is 9.35. The van der Waals surface area contributed by atoms with Crippen molar-refractivity contribution in [1.82, 2.24) is 14.3 Å². The molecule has 1 saturated heterocycles. The van der Waals surface area contributed by atoms with Crippen molar-refractivity contribution in [3.8, 4) is 11.3 Å². The van der Waals surface area contributed by atoms with Crippen molar-refractivity contribution in [2.45, 2.75) is 19.8 Å². The molecule has 2 aromatic heterocycles. The highest BCUT2D eigenvalue weighted by atomic mass is 15.3. The van der Waals surface area contributed by atoms with Crippen molar-refractivity contribution in [1.29, 1.82) is 0 Å². The first kappa shape index (κ1) is 16.2. The molecule has 1 aliphatic rings. The lowest BCUT2D eigenvalue weighted by Gasteiger charge is -2.36. The van der Waals surface area contributed by atoms with E-state index in [1.807, 2.05) is 24.4 Å². The number of fused-ring (bicyclic) bond motifs is 1. The zero-order valence-electron chi connectivity index (χ0n) is 14.9. The van der Waals surface area contributed by atoms with Gasteiger partial charge < -0.3 is 9.30 Å². The number of benzene rings is 1. The van der Waals surface area contributed by atoms with Crippen molar-refractivity contribution in [3.63, 3.8) is 0 Å². The Morgan fingerprint density at radius 1 is 0.960 bits per heavy atom. The fourth-order valence-electron chi connectivity index (χ4n) is 3.53. The van der Waals surface area contributed by atoms with Crippen molar-refractivity contribution in [2.24, 2.45) is 0 Å². The third-order valence-corrected chi connectivity index (χ3v) is 5.09. The van der Waals surface area contributed by atoms with Gasteiger partial charge in [-0.05, 0) is 37.2 Å². The molecule has 0 bridgehead atoms. The fourth-order valence-corrected chi connectivity index (χ4v) is 3.53. The molecular weight excluding hydrogens is 308 g/mol. The minimum Gasteiger partial charge on any atom is -0.369 e. The molecule has 0 atom stereocenters. The Balaban J connectivity index is 1.44. The van der Waals surface area contributed by atoms with Gasteiger partial charge in [-0.1, -0.05) is 31.5 Å². The summed E-state index contributed by atoms with van der Waals surface area (Å²) in [5, 5.41) is 0. The zero-order valence-corrected chi connectivity index (χ0v) is 14.9. The second-order valence-corrected chi connectivity index (χ2v) is 6.82. The number of piperazine rings is 1. The van der Waals surface area contributed by atoms with Crippen LogP contribution in [0, 0.1) is 0 Å². The first-order chi connectivity index (χ1) is 12.3. The summed E-state index contributed by atoms with van der Waals surface area (Å²) < 4.78 is 2.07. The Bertz CT molecular complexity index is 780. The number of anilines is 1. The van der Waals surface area contributed by atoms with E-state index in [4.69, 9.17) is 4.98 Å². The molecule has 0 amide bonds. The molecule has 130 valence electrons. The second kappa shape index (κ2) is 7.28. The Kier molecular flexibility index (Phi) is 4.70. The van der Waals surface area contributed by atoms with E-state index in [1.165, 1.54) is 43.7 Å². The molecule has 1 fully saturated rings. The van der Waals surface area contributed by atoms with Gasteiger partial charge in [0.05, 0.1) is 5.69 Å². The molecule has 0 unspecified atom stereocenters. The summed E-state index contributed by atoms with van der Waals surface area (Å²) in [6.45, 7) is 8.11. The van der Waals surface area contributed by atoms with Crippen LogP contribution in [0.5, 0.6) is 0 Å². The van der Waals surface area contributed by atoms with Gasteiger partial charge in [-0.3, -0.25) is 4.90 Å². The summed E-state index contributed by atoms with van der Waals surface area (Å²) in [5.41, 5.74) is 4.52. The SMILES string of the molecule is CCCCN1CCN(c2ccc(-c3cn4ccccc4n3)cc2)CC1. The lowest BCUT2D eigenvalue weighted by atomic mass is 10.1. The number of hydrogen-bond donors (Lipinski definition) is 0. The van der Waals surface area contributed by atoms with Crippen LogP contribution in [-0.4, -0.2) is 47.0 Å². The maximum Gasteiger partial charge on any atom is 0.137 e. The highest BCUT2D eigenvalue weighted by Gasteiger charge is 2.16. The van der Waals surface area contributed by atoms with Gasteiger partial charge in [-0.15, -0.1) is 0 Å². The quantitative estimate of drug-likeness (QED) is 0.706. The highest BCUT2D eigenvalue weighted by Crippen LogP contribution is 2.24. The molecule has 1 aliphatic heterocycles. The summed E-state index contributed by atoms with van der Waals surface area (Å²) >= 11 is 0. The molecule has 0 saturated carbocycles. The van der Waals surface area contributed by atoms with Crippen LogP contribution >= 0.6 is 0 Å². The van der Waals surface area contributed by atoms with Crippen molar-refractivity contribution in [2.75, 3.05) is 37.6 Å². The van der Waals surface area contributed by atoms with Gasteiger partial charge in [0, 0.05) is 49.8 Å². The first-order valence-electron chi connectivity index (χ1n) is 9.35. The molecule has 0 aliphatic carbocycles. The van der Waals surface area contributed by atoms with Gasteiger partial charge in [0.25, 0.3) is 0 Å². The van der Waals surface area contributed by atoms with E-state index in [1.54, 1.807) is 0 Å². The van der Waals surface area contributed by atoms with Gasteiger partial charge in [0.1, 0.15) is 5.65 Å². The van der Waals surface area contributed by atoms with E-state index in [2.05, 4.69) is 51.6 Å². The molecule has 3 aromatic rings. The predicted molar refractivity (Wildman–Crippen MR) is 104 cm³/mol. The third kappa shape index (κ3) is 3.54. The van der Waals surface area contributed by atoms with Gasteiger partial charge in [-0.2, -0.15) is 0 Å². The van der Waals surface area contributed by atoms with Crippen molar-refractivity contribution >= 4 is 11.3 Å². The van der Waals surface area contributed by atoms with Crippen LogP contribution in [0.4, 0.5) is 5.69 Å². The Labute approximate surface area is 149 Å². The molecule has 0 spiro atoms. The van der Waals surface area contributed by atoms with E-state index in [0.29, 0.717) is 0 Å². The van der Waals surface area contributed by atoms with Gasteiger partial charge in [0.15, 0.2) is 0 Å². The molecule has 0 radical (unpaired) electrons. The van der Waals surface area contributed by atoms with E-state index in [9.17, 15) is 0 Å². The monoisotopic (exact) mass is 334 g/mol. The van der Waals surface area contributed by atoms with Crippen molar-refractivity contribution in [3.05, 3.63) is 54.9 Å². The maximum absolute atomic E-state index is 4.71. The number of unbranched alkanes of at least 4 members (excludes halogenated alkanes) is 1. The Morgan fingerprint density at radius 3 is 2.48 bits per heavy atom. The molecule has 0 N–H and O–H groups in total. The summed E-state index contributed by atoms with van der Waals surface area (Å²) in [7, 11) is 0. The standard InChI is InChI=1S/C21H26N4/c1-2-3-11-23-13-15-24(16-14-23)19-9-7-18(8-10-19)20-17-25-12-5-4-6-21(25)22-20/h4-10,12,17H,2-3,11,13-16H2,1H3. The van der Waals surface area contributed by atoms with E-state index in [-0.39, 0.29) is 0 Å². The lowest BCUT2D eigenvalue weighted by molar-refractivity contribution is 0.254. The summed E-state index contributed by atoms with van der Waals surface area (Å²) in [4.78, 5) is 9.79. The molecule has 25 heavy (non-hydrogen) atoms. The van der Waals surface area contributed by atoms with Crippen LogP contribution < -0.4 is 4.90 Å². The van der Waals surface area contributed by atoms with Crippen LogP contribution in [0.15, 0.2) is 54.9 Å². The van der Waals surface area contributed by atoms with Crippen LogP contribution in [-0.2, 0) is 0 Å². The number of pyridine rings is 1. The summed E-state index contributed by atoms with van der Waals surface area (Å²) in [5.74, 6) is 0. The Morgan fingerprint density at radius 2 is 1.76 bits per heavy atom. The largest absolute Gasteiger partial charge is 0.369 e. The molecule has 4 nitrogen and oxygen atoms in total. The van der Waals surface area contributed by atoms with Crippen molar-refractivity contribution < 1.29 is 0 Å². The zero-order chi connectivity index (χ0) is 17.1. The smallest absolute Gasteiger partial charge is 0.137 e. The van der Waals surface area contributed by atoms with Crippen LogP contribution in [0.3, 0.4) is 0 Å². The normalized spacial score (nSPS) is 15.8. The summed E-state index contributed by atoms with van der Waals surface area (Å²) in [6.07, 6.45) is 6.73. The molecule has 4 heteroatoms. The average Bonchev–Trinajstić information content (AvgIpc) is 3.11. The molecular formula is C21H26N4. The fraction of sp³-hybridized carbons (Fsp3) is 0.381. The van der Waals surface area contributed by atoms with E-state index in [0.717, 1.165) is 24.4 Å². The average molecular weight is 334 g/mol. The van der Waals surface area contributed by atoms with E-state index < -0.39 is 0 Å². The number of hydrogen-bond acceptors (Lipinski definition) is 3. The van der Waals surface area contributed by atoms with Crippen LogP contribution in [0.25, 0.3) is 16.9 Å². The third-order valence-electron chi connectivity index (χ3n) is 5.09.